The van der Waals surface area contributed by atoms with Crippen molar-refractivity contribution in [1.82, 2.24) is 13.5 Å². The Morgan fingerprint density at radius 2 is 1.64 bits per heavy atom. The minimum absolute atomic E-state index is 0.565. The predicted molar refractivity (Wildman–Crippen MR) is 110 cm³/mol. The van der Waals surface area contributed by atoms with Crippen LogP contribution in [0.3, 0.4) is 0 Å². The Morgan fingerprint density at radius 1 is 0.893 bits per heavy atom. The maximum atomic E-state index is 12.8. The van der Waals surface area contributed by atoms with E-state index in [4.69, 9.17) is 4.42 Å². The van der Waals surface area contributed by atoms with Gasteiger partial charge in [0.1, 0.15) is 11.5 Å². The van der Waals surface area contributed by atoms with Gasteiger partial charge in [-0.3, -0.25) is 4.90 Å². The Hall–Kier alpha value is -1.67. The van der Waals surface area contributed by atoms with E-state index in [9.17, 15) is 8.42 Å². The second kappa shape index (κ2) is 8.37. The number of aryl methyl sites for hydroxylation is 1. The van der Waals surface area contributed by atoms with E-state index >= 15 is 0 Å². The van der Waals surface area contributed by atoms with Crippen LogP contribution in [-0.2, 0) is 16.8 Å². The van der Waals surface area contributed by atoms with E-state index in [1.807, 2.05) is 19.1 Å². The molecule has 2 aliphatic rings. The highest BCUT2D eigenvalue weighted by molar-refractivity contribution is 7.86. The summed E-state index contributed by atoms with van der Waals surface area (Å²) < 4.78 is 34.7. The van der Waals surface area contributed by atoms with Crippen molar-refractivity contribution < 1.29 is 12.8 Å². The smallest absolute Gasteiger partial charge is 0.282 e. The zero-order chi connectivity index (χ0) is 19.6. The Balaban J connectivity index is 1.40. The summed E-state index contributed by atoms with van der Waals surface area (Å²) in [5.41, 5.74) is 2.31. The van der Waals surface area contributed by atoms with Crippen LogP contribution in [0.15, 0.2) is 40.8 Å². The minimum Gasteiger partial charge on any atom is -0.461 e. The second-order valence-corrected chi connectivity index (χ2v) is 9.68. The average molecular weight is 404 g/mol. The highest BCUT2D eigenvalue weighted by Gasteiger charge is 2.32. The van der Waals surface area contributed by atoms with Crippen LogP contribution in [0, 0.1) is 6.92 Å². The monoisotopic (exact) mass is 403 g/mol. The number of nitrogens with zero attached hydrogens (tertiary/aromatic N) is 3. The van der Waals surface area contributed by atoms with Gasteiger partial charge in [-0.15, -0.1) is 0 Å². The van der Waals surface area contributed by atoms with Crippen LogP contribution in [0.2, 0.25) is 0 Å². The van der Waals surface area contributed by atoms with E-state index in [1.54, 1.807) is 8.61 Å². The van der Waals surface area contributed by atoms with E-state index in [0.717, 1.165) is 56.0 Å². The van der Waals surface area contributed by atoms with Crippen molar-refractivity contribution in [3.8, 4) is 11.3 Å². The summed E-state index contributed by atoms with van der Waals surface area (Å²) >= 11 is 0. The molecule has 0 atom stereocenters. The van der Waals surface area contributed by atoms with Gasteiger partial charge in [-0.1, -0.05) is 18.2 Å². The van der Waals surface area contributed by atoms with Crippen molar-refractivity contribution in [1.29, 1.82) is 0 Å². The van der Waals surface area contributed by atoms with Crippen LogP contribution in [-0.4, -0.2) is 61.2 Å². The molecule has 0 saturated carbocycles. The lowest BCUT2D eigenvalue weighted by atomic mass is 10.1. The molecule has 2 fully saturated rings. The Bertz CT molecular complexity index is 903. The third-order valence-electron chi connectivity index (χ3n) is 5.62. The topological polar surface area (TPSA) is 57.0 Å². The van der Waals surface area contributed by atoms with Crippen LogP contribution in [0.25, 0.3) is 11.3 Å². The Labute approximate surface area is 167 Å². The predicted octanol–water partition coefficient (Wildman–Crippen LogP) is 3.10. The minimum atomic E-state index is -3.29. The average Bonchev–Trinajstić information content (AvgIpc) is 3.31. The summed E-state index contributed by atoms with van der Waals surface area (Å²) in [6, 6.07) is 12.4. The third-order valence-corrected chi connectivity index (χ3v) is 7.66. The van der Waals surface area contributed by atoms with Crippen molar-refractivity contribution in [3.63, 3.8) is 0 Å². The molecule has 1 aromatic carbocycles. The lowest BCUT2D eigenvalue weighted by Crippen LogP contribution is -2.44. The van der Waals surface area contributed by atoms with Crippen LogP contribution in [0.4, 0.5) is 0 Å². The van der Waals surface area contributed by atoms with Crippen molar-refractivity contribution >= 4 is 10.2 Å². The van der Waals surface area contributed by atoms with E-state index in [0.29, 0.717) is 26.2 Å². The molecule has 2 saturated heterocycles. The summed E-state index contributed by atoms with van der Waals surface area (Å²) in [4.78, 5) is 2.35. The fraction of sp³-hybridized carbons (Fsp3) is 0.524. The normalized spacial score (nSPS) is 20.5. The summed E-state index contributed by atoms with van der Waals surface area (Å²) in [6.07, 6.45) is 2.82. The molecule has 2 aromatic rings. The first kappa shape index (κ1) is 19.6. The molecule has 28 heavy (non-hydrogen) atoms. The molecule has 0 radical (unpaired) electrons. The number of furan rings is 1. The number of benzene rings is 1. The summed E-state index contributed by atoms with van der Waals surface area (Å²) in [7, 11) is -3.29. The second-order valence-electron chi connectivity index (χ2n) is 7.75. The van der Waals surface area contributed by atoms with E-state index in [2.05, 4.69) is 29.2 Å². The van der Waals surface area contributed by atoms with Crippen LogP contribution < -0.4 is 0 Å². The fourth-order valence-electron chi connectivity index (χ4n) is 4.09. The molecular weight excluding hydrogens is 374 g/mol. The SMILES string of the molecule is Cc1ccc(-c2cccc(CN3CCCN(S(=O)(=O)N4CCCC4)CC3)c2)o1. The number of hydrogen-bond donors (Lipinski definition) is 0. The van der Waals surface area contributed by atoms with E-state index in [-0.39, 0.29) is 0 Å². The Morgan fingerprint density at radius 3 is 2.39 bits per heavy atom. The lowest BCUT2D eigenvalue weighted by Gasteiger charge is -2.26. The molecule has 2 aliphatic heterocycles. The van der Waals surface area contributed by atoms with Gasteiger partial charge in [-0.25, -0.2) is 0 Å². The fourth-order valence-corrected chi connectivity index (χ4v) is 5.81. The molecule has 6 nitrogen and oxygen atoms in total. The summed E-state index contributed by atoms with van der Waals surface area (Å²) in [6.45, 7) is 6.96. The molecule has 0 unspecified atom stereocenters. The molecule has 7 heteroatoms. The third kappa shape index (κ3) is 4.33. The first-order valence-corrected chi connectivity index (χ1v) is 11.6. The summed E-state index contributed by atoms with van der Waals surface area (Å²) in [5.74, 6) is 1.80. The first-order chi connectivity index (χ1) is 13.5. The zero-order valence-electron chi connectivity index (χ0n) is 16.5. The van der Waals surface area contributed by atoms with Gasteiger partial charge in [0.15, 0.2) is 0 Å². The first-order valence-electron chi connectivity index (χ1n) is 10.2. The van der Waals surface area contributed by atoms with Gasteiger partial charge in [0.2, 0.25) is 0 Å². The molecule has 0 spiro atoms. The maximum Gasteiger partial charge on any atom is 0.282 e. The molecule has 0 amide bonds. The highest BCUT2D eigenvalue weighted by Crippen LogP contribution is 2.24. The van der Waals surface area contributed by atoms with Gasteiger partial charge in [0.05, 0.1) is 0 Å². The molecule has 1 aromatic heterocycles. The van der Waals surface area contributed by atoms with Gasteiger partial charge in [0, 0.05) is 44.8 Å². The maximum absolute atomic E-state index is 12.8. The number of hydrogen-bond acceptors (Lipinski definition) is 4. The lowest BCUT2D eigenvalue weighted by molar-refractivity contribution is 0.276. The summed E-state index contributed by atoms with van der Waals surface area (Å²) in [5, 5.41) is 0. The van der Waals surface area contributed by atoms with Gasteiger partial charge < -0.3 is 4.42 Å². The molecular formula is C21H29N3O3S. The van der Waals surface area contributed by atoms with E-state index < -0.39 is 10.2 Å². The van der Waals surface area contributed by atoms with Crippen LogP contribution in [0.1, 0.15) is 30.6 Å². The van der Waals surface area contributed by atoms with Crippen LogP contribution >= 0.6 is 0 Å². The van der Waals surface area contributed by atoms with Crippen molar-refractivity contribution in [2.45, 2.75) is 32.7 Å². The van der Waals surface area contributed by atoms with Gasteiger partial charge in [0.25, 0.3) is 10.2 Å². The van der Waals surface area contributed by atoms with Crippen molar-refractivity contribution in [2.75, 3.05) is 39.3 Å². The van der Waals surface area contributed by atoms with Gasteiger partial charge >= 0.3 is 0 Å². The highest BCUT2D eigenvalue weighted by atomic mass is 32.2. The van der Waals surface area contributed by atoms with Crippen LogP contribution in [0.5, 0.6) is 0 Å². The molecule has 0 N–H and O–H groups in total. The molecule has 0 bridgehead atoms. The van der Waals surface area contributed by atoms with Gasteiger partial charge in [-0.05, 0) is 56.5 Å². The molecule has 4 rings (SSSR count). The molecule has 3 heterocycles. The van der Waals surface area contributed by atoms with Crippen molar-refractivity contribution in [2.24, 2.45) is 0 Å². The van der Waals surface area contributed by atoms with E-state index in [1.165, 1.54) is 5.56 Å². The Kier molecular flexibility index (Phi) is 5.87. The molecule has 0 aliphatic carbocycles. The largest absolute Gasteiger partial charge is 0.461 e. The van der Waals surface area contributed by atoms with Gasteiger partial charge in [-0.2, -0.15) is 17.0 Å². The standard InChI is InChI=1S/C21H29N3O3S/c1-18-8-9-21(27-18)20-7-4-6-19(16-20)17-22-10-5-13-24(15-14-22)28(25,26)23-11-2-3-12-23/h4,6-9,16H,2-3,5,10-15,17H2,1H3. The zero-order valence-corrected chi connectivity index (χ0v) is 17.3. The van der Waals surface area contributed by atoms with Crippen molar-refractivity contribution in [3.05, 3.63) is 47.7 Å². The quantitative estimate of drug-likeness (QED) is 0.770. The molecule has 152 valence electrons. The number of rotatable bonds is 5.